The zero-order valence-corrected chi connectivity index (χ0v) is 9.88. The Bertz CT molecular complexity index is 474. The second-order valence-electron chi connectivity index (χ2n) is 3.65. The number of nitrogens with one attached hydrogen (secondary N) is 2. The van der Waals surface area contributed by atoms with Crippen LogP contribution in [0.15, 0.2) is 18.2 Å². The molecule has 1 unspecified atom stereocenters. The lowest BCUT2D eigenvalue weighted by molar-refractivity contribution is -0.118. The van der Waals surface area contributed by atoms with Gasteiger partial charge in [-0.25, -0.2) is 0 Å². The van der Waals surface area contributed by atoms with Crippen LogP contribution in [-0.2, 0) is 9.59 Å². The van der Waals surface area contributed by atoms with E-state index < -0.39 is 5.38 Å². The van der Waals surface area contributed by atoms with Gasteiger partial charge in [-0.2, -0.15) is 0 Å². The van der Waals surface area contributed by atoms with Crippen LogP contribution in [0.1, 0.15) is 6.92 Å². The number of ether oxygens (including phenoxy) is 1. The van der Waals surface area contributed by atoms with Crippen molar-refractivity contribution < 1.29 is 14.3 Å². The zero-order chi connectivity index (χ0) is 12.4. The predicted octanol–water partition coefficient (Wildman–Crippen LogP) is 1.58. The molecule has 0 bridgehead atoms. The topological polar surface area (TPSA) is 67.4 Å². The highest BCUT2D eigenvalue weighted by Gasteiger charge is 2.17. The van der Waals surface area contributed by atoms with E-state index in [9.17, 15) is 9.59 Å². The third kappa shape index (κ3) is 2.68. The molecule has 1 aromatic rings. The number of alkyl halides is 1. The smallest absolute Gasteiger partial charge is 0.262 e. The molecule has 0 aromatic heterocycles. The number of hydrogen-bond donors (Lipinski definition) is 2. The molecule has 0 aliphatic carbocycles. The predicted molar refractivity (Wildman–Crippen MR) is 64.5 cm³/mol. The molecular formula is C11H11ClN2O3. The Balaban J connectivity index is 2.18. The minimum absolute atomic E-state index is 0.0113. The Morgan fingerprint density at radius 3 is 3.06 bits per heavy atom. The number of amides is 2. The van der Waals surface area contributed by atoms with Gasteiger partial charge in [0.1, 0.15) is 11.1 Å². The van der Waals surface area contributed by atoms with E-state index >= 15 is 0 Å². The Morgan fingerprint density at radius 2 is 2.35 bits per heavy atom. The zero-order valence-electron chi connectivity index (χ0n) is 9.12. The second kappa shape index (κ2) is 4.63. The summed E-state index contributed by atoms with van der Waals surface area (Å²) < 4.78 is 5.19. The maximum Gasteiger partial charge on any atom is 0.262 e. The molecule has 1 aromatic carbocycles. The molecule has 0 fully saturated rings. The molecule has 0 saturated carbocycles. The highest BCUT2D eigenvalue weighted by molar-refractivity contribution is 6.32. The molecule has 0 radical (unpaired) electrons. The van der Waals surface area contributed by atoms with E-state index in [1.54, 1.807) is 25.1 Å². The molecule has 1 aliphatic heterocycles. The van der Waals surface area contributed by atoms with Crippen molar-refractivity contribution in [3.8, 4) is 5.75 Å². The summed E-state index contributed by atoms with van der Waals surface area (Å²) in [5, 5.41) is 4.67. The van der Waals surface area contributed by atoms with Gasteiger partial charge in [-0.1, -0.05) is 0 Å². The van der Waals surface area contributed by atoms with Gasteiger partial charge in [0, 0.05) is 5.69 Å². The largest absolute Gasteiger partial charge is 0.482 e. The molecule has 1 atom stereocenters. The number of carbonyl (C=O) groups is 2. The lowest BCUT2D eigenvalue weighted by atomic mass is 10.2. The van der Waals surface area contributed by atoms with Crippen LogP contribution in [0.25, 0.3) is 0 Å². The molecule has 2 rings (SSSR count). The minimum Gasteiger partial charge on any atom is -0.482 e. The highest BCUT2D eigenvalue weighted by atomic mass is 35.5. The molecule has 2 amide bonds. The number of fused-ring (bicyclic) bond motifs is 1. The van der Waals surface area contributed by atoms with Gasteiger partial charge in [-0.3, -0.25) is 9.59 Å². The number of carbonyl (C=O) groups excluding carboxylic acids is 2. The number of rotatable bonds is 2. The van der Waals surface area contributed by atoms with E-state index in [2.05, 4.69) is 10.6 Å². The summed E-state index contributed by atoms with van der Waals surface area (Å²) in [4.78, 5) is 22.5. The average Bonchev–Trinajstić information content (AvgIpc) is 2.28. The third-order valence-corrected chi connectivity index (χ3v) is 2.44. The van der Waals surface area contributed by atoms with E-state index in [-0.39, 0.29) is 18.4 Å². The van der Waals surface area contributed by atoms with Crippen LogP contribution >= 0.6 is 11.6 Å². The van der Waals surface area contributed by atoms with E-state index in [0.29, 0.717) is 17.1 Å². The summed E-state index contributed by atoms with van der Waals surface area (Å²) >= 11 is 5.64. The molecule has 1 heterocycles. The van der Waals surface area contributed by atoms with Crippen LogP contribution in [0.3, 0.4) is 0 Å². The number of hydrogen-bond acceptors (Lipinski definition) is 3. The lowest BCUT2D eigenvalue weighted by Gasteiger charge is -2.18. The fraction of sp³-hybridized carbons (Fsp3) is 0.273. The quantitative estimate of drug-likeness (QED) is 0.788. The first kappa shape index (κ1) is 11.7. The molecule has 6 heteroatoms. The monoisotopic (exact) mass is 254 g/mol. The van der Waals surface area contributed by atoms with Crippen molar-refractivity contribution in [1.82, 2.24) is 0 Å². The summed E-state index contributed by atoms with van der Waals surface area (Å²) in [5.74, 6) is 0.0721. The first-order valence-electron chi connectivity index (χ1n) is 5.08. The molecule has 0 saturated heterocycles. The van der Waals surface area contributed by atoms with Crippen molar-refractivity contribution in [2.75, 3.05) is 17.2 Å². The number of halogens is 1. The summed E-state index contributed by atoms with van der Waals surface area (Å²) in [6.45, 7) is 1.59. The maximum atomic E-state index is 11.4. The summed E-state index contributed by atoms with van der Waals surface area (Å²) in [6, 6.07) is 5.00. The summed E-state index contributed by atoms with van der Waals surface area (Å²) in [6.07, 6.45) is 0. The highest BCUT2D eigenvalue weighted by Crippen LogP contribution is 2.30. The second-order valence-corrected chi connectivity index (χ2v) is 4.31. The minimum atomic E-state index is -0.614. The normalized spacial score (nSPS) is 15.3. The maximum absolute atomic E-state index is 11.4. The Morgan fingerprint density at radius 1 is 1.59 bits per heavy atom. The van der Waals surface area contributed by atoms with Gasteiger partial charge in [-0.15, -0.1) is 11.6 Å². The van der Waals surface area contributed by atoms with Crippen LogP contribution in [0, 0.1) is 0 Å². The van der Waals surface area contributed by atoms with Gasteiger partial charge >= 0.3 is 0 Å². The van der Waals surface area contributed by atoms with Crippen molar-refractivity contribution in [1.29, 1.82) is 0 Å². The molecular weight excluding hydrogens is 244 g/mol. The van der Waals surface area contributed by atoms with E-state index in [0.717, 1.165) is 0 Å². The van der Waals surface area contributed by atoms with Crippen molar-refractivity contribution >= 4 is 34.8 Å². The van der Waals surface area contributed by atoms with Gasteiger partial charge < -0.3 is 15.4 Å². The molecule has 0 spiro atoms. The average molecular weight is 255 g/mol. The van der Waals surface area contributed by atoms with Crippen molar-refractivity contribution in [2.24, 2.45) is 0 Å². The van der Waals surface area contributed by atoms with Crippen LogP contribution in [0.2, 0.25) is 0 Å². The van der Waals surface area contributed by atoms with Crippen molar-refractivity contribution in [3.63, 3.8) is 0 Å². The Labute approximate surface area is 103 Å². The summed E-state index contributed by atoms with van der Waals surface area (Å²) in [7, 11) is 0. The van der Waals surface area contributed by atoms with Gasteiger partial charge in [0.05, 0.1) is 5.69 Å². The van der Waals surface area contributed by atoms with Crippen LogP contribution < -0.4 is 15.4 Å². The molecule has 90 valence electrons. The Hall–Kier alpha value is -1.75. The van der Waals surface area contributed by atoms with E-state index in [1.165, 1.54) is 0 Å². The first-order valence-corrected chi connectivity index (χ1v) is 5.51. The Kier molecular flexibility index (Phi) is 3.19. The van der Waals surface area contributed by atoms with Crippen LogP contribution in [-0.4, -0.2) is 23.8 Å². The number of benzene rings is 1. The van der Waals surface area contributed by atoms with Crippen molar-refractivity contribution in [2.45, 2.75) is 12.3 Å². The van der Waals surface area contributed by atoms with Gasteiger partial charge in [0.25, 0.3) is 5.91 Å². The standard InChI is InChI=1S/C11H11ClN2O3/c1-6(12)11(16)13-7-2-3-9-8(4-7)14-10(15)5-17-9/h2-4,6H,5H2,1H3,(H,13,16)(H,14,15). The van der Waals surface area contributed by atoms with Gasteiger partial charge in [0.15, 0.2) is 6.61 Å². The van der Waals surface area contributed by atoms with Crippen LogP contribution in [0.4, 0.5) is 11.4 Å². The SMILES string of the molecule is CC(Cl)C(=O)Nc1ccc2c(c1)NC(=O)CO2. The number of anilines is 2. The molecule has 17 heavy (non-hydrogen) atoms. The fourth-order valence-electron chi connectivity index (χ4n) is 1.40. The lowest BCUT2D eigenvalue weighted by Crippen LogP contribution is -2.26. The van der Waals surface area contributed by atoms with Gasteiger partial charge in [0.2, 0.25) is 5.91 Å². The van der Waals surface area contributed by atoms with Crippen LogP contribution in [0.5, 0.6) is 5.75 Å². The van der Waals surface area contributed by atoms with Gasteiger partial charge in [-0.05, 0) is 25.1 Å². The molecule has 2 N–H and O–H groups in total. The molecule has 5 nitrogen and oxygen atoms in total. The summed E-state index contributed by atoms with van der Waals surface area (Å²) in [5.41, 5.74) is 1.10. The third-order valence-electron chi connectivity index (χ3n) is 2.24. The van der Waals surface area contributed by atoms with E-state index in [4.69, 9.17) is 16.3 Å². The fourth-order valence-corrected chi connectivity index (χ4v) is 1.46. The van der Waals surface area contributed by atoms with Crippen molar-refractivity contribution in [3.05, 3.63) is 18.2 Å². The first-order chi connectivity index (χ1) is 8.06. The van der Waals surface area contributed by atoms with E-state index in [1.807, 2.05) is 0 Å². The molecule has 1 aliphatic rings.